The third-order valence-corrected chi connectivity index (χ3v) is 3.67. The molecule has 0 saturated carbocycles. The highest BCUT2D eigenvalue weighted by Gasteiger charge is 2.26. The maximum Gasteiger partial charge on any atom is 0.509 e. The van der Waals surface area contributed by atoms with Crippen LogP contribution in [0.15, 0.2) is 48.5 Å². The molecule has 2 aromatic rings. The monoisotopic (exact) mass is 277 g/mol. The molecule has 3 rings (SSSR count). The largest absolute Gasteiger partial charge is 0.509 e. The lowest BCUT2D eigenvalue weighted by Crippen LogP contribution is -2.33. The average molecular weight is 277 g/mol. The number of rotatable bonds is 4. The van der Waals surface area contributed by atoms with Crippen molar-refractivity contribution >= 4 is 12.4 Å². The predicted octanol–water partition coefficient (Wildman–Crippen LogP) is 3.46. The summed E-state index contributed by atoms with van der Waals surface area (Å²) in [7, 11) is 0. The van der Waals surface area contributed by atoms with E-state index in [4.69, 9.17) is 4.74 Å². The van der Waals surface area contributed by atoms with Gasteiger partial charge >= 0.3 is 6.98 Å². The molecule has 104 valence electrons. The number of benzene rings is 2. The maximum atomic E-state index is 12.5. The van der Waals surface area contributed by atoms with Gasteiger partial charge in [-0.25, -0.2) is 0 Å². The number of ether oxygens (including phenoxy) is 1. The molecule has 20 heavy (non-hydrogen) atoms. The van der Waals surface area contributed by atoms with Gasteiger partial charge in [0.1, 0.15) is 5.75 Å². The van der Waals surface area contributed by atoms with Crippen molar-refractivity contribution in [3.63, 3.8) is 0 Å². The minimum absolute atomic E-state index is 0.345. The fourth-order valence-corrected chi connectivity index (χ4v) is 2.49. The van der Waals surface area contributed by atoms with E-state index in [-0.39, 0.29) is 0 Å². The molecule has 0 N–H and O–H groups in total. The van der Waals surface area contributed by atoms with Crippen molar-refractivity contribution < 1.29 is 17.7 Å². The van der Waals surface area contributed by atoms with Crippen molar-refractivity contribution in [2.45, 2.75) is 12.3 Å². The lowest BCUT2D eigenvalue weighted by molar-refractivity contribution is 0.275. The van der Waals surface area contributed by atoms with Crippen LogP contribution in [0.25, 0.3) is 0 Å². The summed E-state index contributed by atoms with van der Waals surface area (Å²) in [4.78, 5) is 0. The van der Waals surface area contributed by atoms with Crippen molar-refractivity contribution in [1.29, 1.82) is 0 Å². The van der Waals surface area contributed by atoms with Gasteiger partial charge in [0.25, 0.3) is 0 Å². The lowest BCUT2D eigenvalue weighted by Gasteiger charge is -2.29. The Hall–Kier alpha value is -1.91. The summed E-state index contributed by atoms with van der Waals surface area (Å²) in [5.74, 6) is 0.830. The Labute approximate surface area is 115 Å². The highest BCUT2D eigenvalue weighted by molar-refractivity contribution is 6.73. The highest BCUT2D eigenvalue weighted by Crippen LogP contribution is 2.35. The molecule has 1 nitrogen and oxygen atoms in total. The number of hydrogen-bond donors (Lipinski definition) is 0. The molecule has 0 radical (unpaired) electrons. The summed E-state index contributed by atoms with van der Waals surface area (Å²) in [5.41, 5.74) is 2.02. The highest BCUT2D eigenvalue weighted by atomic mass is 19.4. The second-order valence-electron chi connectivity index (χ2n) is 5.05. The summed E-state index contributed by atoms with van der Waals surface area (Å²) in [5, 5.41) is 0. The topological polar surface area (TPSA) is 9.23 Å². The SMILES string of the molecule is F[B-](F)(F)c1ccc(OCC2Cc3ccccc32)cc1. The summed E-state index contributed by atoms with van der Waals surface area (Å²) in [6, 6.07) is 13.1. The normalized spacial score (nSPS) is 17.2. The number of halogens is 3. The molecule has 1 aliphatic carbocycles. The first kappa shape index (κ1) is 13.1. The Morgan fingerprint density at radius 1 is 1.00 bits per heavy atom. The molecule has 1 atom stereocenters. The summed E-state index contributed by atoms with van der Waals surface area (Å²) < 4.78 is 43.0. The molecular formula is C15H13BF3O-. The van der Waals surface area contributed by atoms with Gasteiger partial charge < -0.3 is 17.7 Å². The fourth-order valence-electron chi connectivity index (χ4n) is 2.49. The molecule has 0 aromatic heterocycles. The van der Waals surface area contributed by atoms with Gasteiger partial charge in [0.05, 0.1) is 6.61 Å². The first-order valence-corrected chi connectivity index (χ1v) is 6.54. The lowest BCUT2D eigenvalue weighted by atomic mass is 9.78. The number of hydrogen-bond acceptors (Lipinski definition) is 1. The second kappa shape index (κ2) is 4.89. The van der Waals surface area contributed by atoms with E-state index in [0.29, 0.717) is 18.3 Å². The van der Waals surface area contributed by atoms with Gasteiger partial charge in [-0.3, -0.25) is 0 Å². The van der Waals surface area contributed by atoms with Crippen molar-refractivity contribution in [3.05, 3.63) is 59.7 Å². The van der Waals surface area contributed by atoms with Crippen LogP contribution in [-0.2, 0) is 6.42 Å². The Balaban J connectivity index is 1.60. The zero-order chi connectivity index (χ0) is 14.2. The van der Waals surface area contributed by atoms with Crippen molar-refractivity contribution in [2.24, 2.45) is 0 Å². The van der Waals surface area contributed by atoms with E-state index < -0.39 is 12.4 Å². The van der Waals surface area contributed by atoms with E-state index in [0.717, 1.165) is 18.6 Å². The first-order valence-electron chi connectivity index (χ1n) is 6.54. The quantitative estimate of drug-likeness (QED) is 0.778. The Kier molecular flexibility index (Phi) is 3.20. The zero-order valence-corrected chi connectivity index (χ0v) is 10.7. The van der Waals surface area contributed by atoms with Crippen LogP contribution >= 0.6 is 0 Å². The van der Waals surface area contributed by atoms with Crippen LogP contribution in [0, 0.1) is 0 Å². The molecule has 2 aromatic carbocycles. The van der Waals surface area contributed by atoms with E-state index >= 15 is 0 Å². The van der Waals surface area contributed by atoms with Crippen LogP contribution in [0.3, 0.4) is 0 Å². The average Bonchev–Trinajstić information content (AvgIpc) is 2.39. The van der Waals surface area contributed by atoms with Gasteiger partial charge in [-0.2, -0.15) is 0 Å². The minimum atomic E-state index is -4.93. The van der Waals surface area contributed by atoms with E-state index in [1.807, 2.05) is 12.1 Å². The molecule has 5 heteroatoms. The van der Waals surface area contributed by atoms with Crippen LogP contribution in [-0.4, -0.2) is 13.6 Å². The Bertz CT molecular complexity index is 607. The summed E-state index contributed by atoms with van der Waals surface area (Å²) >= 11 is 0. The van der Waals surface area contributed by atoms with Crippen molar-refractivity contribution in [1.82, 2.24) is 0 Å². The third-order valence-electron chi connectivity index (χ3n) is 3.67. The molecule has 0 spiro atoms. The predicted molar refractivity (Wildman–Crippen MR) is 73.5 cm³/mol. The van der Waals surface area contributed by atoms with Crippen molar-refractivity contribution in [3.8, 4) is 5.75 Å². The van der Waals surface area contributed by atoms with Gasteiger partial charge in [-0.1, -0.05) is 36.4 Å². The molecular weight excluding hydrogens is 264 g/mol. The first-order chi connectivity index (χ1) is 9.54. The Morgan fingerprint density at radius 3 is 2.35 bits per heavy atom. The maximum absolute atomic E-state index is 12.5. The van der Waals surface area contributed by atoms with E-state index in [1.165, 1.54) is 23.3 Å². The molecule has 0 heterocycles. The molecule has 1 aliphatic rings. The third kappa shape index (κ3) is 2.53. The van der Waals surface area contributed by atoms with Gasteiger partial charge in [0, 0.05) is 5.92 Å². The molecule has 0 amide bonds. The summed E-state index contributed by atoms with van der Waals surface area (Å²) in [6.07, 6.45) is 0.972. The van der Waals surface area contributed by atoms with Crippen molar-refractivity contribution in [2.75, 3.05) is 6.61 Å². The van der Waals surface area contributed by atoms with Gasteiger partial charge in [0.2, 0.25) is 0 Å². The van der Waals surface area contributed by atoms with E-state index in [9.17, 15) is 12.9 Å². The molecule has 1 unspecified atom stereocenters. The van der Waals surface area contributed by atoms with Gasteiger partial charge in [0.15, 0.2) is 0 Å². The second-order valence-corrected chi connectivity index (χ2v) is 5.05. The van der Waals surface area contributed by atoms with Crippen LogP contribution in [0.1, 0.15) is 17.0 Å². The molecule has 0 bridgehead atoms. The zero-order valence-electron chi connectivity index (χ0n) is 10.7. The number of fused-ring (bicyclic) bond motifs is 1. The summed E-state index contributed by atoms with van der Waals surface area (Å²) in [6.45, 7) is -4.42. The minimum Gasteiger partial charge on any atom is -0.493 e. The molecule has 0 fully saturated rings. The smallest absolute Gasteiger partial charge is 0.493 e. The van der Waals surface area contributed by atoms with Crippen LogP contribution in [0.4, 0.5) is 12.9 Å². The van der Waals surface area contributed by atoms with E-state index in [2.05, 4.69) is 12.1 Å². The van der Waals surface area contributed by atoms with Gasteiger partial charge in [-0.15, -0.1) is 5.46 Å². The van der Waals surface area contributed by atoms with Crippen LogP contribution < -0.4 is 10.2 Å². The van der Waals surface area contributed by atoms with Gasteiger partial charge in [-0.05, 0) is 29.7 Å². The fraction of sp³-hybridized carbons (Fsp3) is 0.200. The van der Waals surface area contributed by atoms with E-state index in [1.54, 1.807) is 0 Å². The standard InChI is InChI=1S/C15H13BF3O/c17-16(18,19)13-5-7-14(8-6-13)20-10-12-9-11-3-1-2-4-15(11)12/h1-8,12H,9-10H2/q-1. The molecule has 0 saturated heterocycles. The Morgan fingerprint density at radius 2 is 1.70 bits per heavy atom. The van der Waals surface area contributed by atoms with Crippen LogP contribution in [0.5, 0.6) is 5.75 Å². The van der Waals surface area contributed by atoms with Crippen LogP contribution in [0.2, 0.25) is 0 Å². The molecule has 0 aliphatic heterocycles.